The molecule has 2 fully saturated rings. The normalized spacial score (nSPS) is 20.7. The molecule has 3 heterocycles. The van der Waals surface area contributed by atoms with Crippen LogP contribution in [0, 0.1) is 5.92 Å². The highest BCUT2D eigenvalue weighted by molar-refractivity contribution is 7.18. The lowest BCUT2D eigenvalue weighted by atomic mass is 10.2. The summed E-state index contributed by atoms with van der Waals surface area (Å²) in [6, 6.07) is 8.02. The molecule has 1 N–H and O–H groups in total. The molecule has 1 atom stereocenters. The van der Waals surface area contributed by atoms with E-state index in [9.17, 15) is 9.59 Å². The molecule has 6 heteroatoms. The number of carbonyl (C=O) groups excluding carboxylic acids is 2. The number of hydrogen-bond acceptors (Lipinski definition) is 4. The van der Waals surface area contributed by atoms with Crippen molar-refractivity contribution in [2.45, 2.75) is 31.7 Å². The van der Waals surface area contributed by atoms with E-state index in [-0.39, 0.29) is 23.8 Å². The van der Waals surface area contributed by atoms with Gasteiger partial charge in [-0.2, -0.15) is 0 Å². The van der Waals surface area contributed by atoms with Gasteiger partial charge in [-0.05, 0) is 49.3 Å². The Morgan fingerprint density at radius 3 is 2.78 bits per heavy atom. The SMILES string of the molecule is O=C(Nc1ccc(C(=O)N2CCC[C@@H]2c2cccs2)s1)C1CC1. The van der Waals surface area contributed by atoms with Gasteiger partial charge >= 0.3 is 0 Å². The molecule has 4 rings (SSSR count). The van der Waals surface area contributed by atoms with E-state index in [1.807, 2.05) is 23.1 Å². The second kappa shape index (κ2) is 6.09. The molecule has 2 aromatic rings. The van der Waals surface area contributed by atoms with Gasteiger partial charge in [0.25, 0.3) is 5.91 Å². The first kappa shape index (κ1) is 14.9. The highest BCUT2D eigenvalue weighted by Crippen LogP contribution is 2.37. The van der Waals surface area contributed by atoms with Gasteiger partial charge in [0, 0.05) is 17.3 Å². The summed E-state index contributed by atoms with van der Waals surface area (Å²) in [6.45, 7) is 0.809. The number of nitrogens with one attached hydrogen (secondary N) is 1. The molecule has 1 saturated carbocycles. The fourth-order valence-corrected chi connectivity index (χ4v) is 4.76. The van der Waals surface area contributed by atoms with Gasteiger partial charge in [-0.15, -0.1) is 22.7 Å². The quantitative estimate of drug-likeness (QED) is 0.905. The molecule has 4 nitrogen and oxygen atoms in total. The molecule has 1 aliphatic carbocycles. The van der Waals surface area contributed by atoms with E-state index in [4.69, 9.17) is 0 Å². The fraction of sp³-hybridized carbons (Fsp3) is 0.412. The van der Waals surface area contributed by atoms with Crippen molar-refractivity contribution < 1.29 is 9.59 Å². The lowest BCUT2D eigenvalue weighted by Crippen LogP contribution is -2.29. The Morgan fingerprint density at radius 1 is 1.17 bits per heavy atom. The van der Waals surface area contributed by atoms with Gasteiger partial charge in [0.05, 0.1) is 15.9 Å². The van der Waals surface area contributed by atoms with Crippen LogP contribution in [0.25, 0.3) is 0 Å². The molecule has 0 unspecified atom stereocenters. The molecule has 0 radical (unpaired) electrons. The summed E-state index contributed by atoms with van der Waals surface area (Å²) in [6.07, 6.45) is 4.05. The van der Waals surface area contributed by atoms with Crippen LogP contribution in [0.15, 0.2) is 29.6 Å². The number of rotatable bonds is 4. The first-order valence-corrected chi connectivity index (χ1v) is 9.67. The molecule has 0 bridgehead atoms. The zero-order valence-corrected chi connectivity index (χ0v) is 14.3. The summed E-state index contributed by atoms with van der Waals surface area (Å²) in [4.78, 5) is 28.6. The highest BCUT2D eigenvalue weighted by Gasteiger charge is 2.32. The third-order valence-corrected chi connectivity index (χ3v) is 6.36. The largest absolute Gasteiger partial charge is 0.330 e. The highest BCUT2D eigenvalue weighted by atomic mass is 32.1. The molecule has 0 spiro atoms. The molecule has 1 aliphatic heterocycles. The van der Waals surface area contributed by atoms with Crippen LogP contribution >= 0.6 is 22.7 Å². The lowest BCUT2D eigenvalue weighted by Gasteiger charge is -2.23. The predicted molar refractivity (Wildman–Crippen MR) is 93.0 cm³/mol. The van der Waals surface area contributed by atoms with Crippen molar-refractivity contribution in [1.82, 2.24) is 4.90 Å². The van der Waals surface area contributed by atoms with E-state index < -0.39 is 0 Å². The smallest absolute Gasteiger partial charge is 0.264 e. The van der Waals surface area contributed by atoms with Crippen LogP contribution in [0.5, 0.6) is 0 Å². The van der Waals surface area contributed by atoms with Gasteiger partial charge < -0.3 is 10.2 Å². The number of hydrogen-bond donors (Lipinski definition) is 1. The number of anilines is 1. The maximum absolute atomic E-state index is 12.8. The van der Waals surface area contributed by atoms with Gasteiger partial charge in [-0.25, -0.2) is 0 Å². The zero-order valence-electron chi connectivity index (χ0n) is 12.7. The minimum atomic E-state index is 0.0813. The Hall–Kier alpha value is -1.66. The van der Waals surface area contributed by atoms with E-state index in [0.29, 0.717) is 4.88 Å². The number of thiophene rings is 2. The molecule has 0 aromatic carbocycles. The van der Waals surface area contributed by atoms with Crippen molar-refractivity contribution in [2.75, 3.05) is 11.9 Å². The maximum Gasteiger partial charge on any atom is 0.264 e. The fourth-order valence-electron chi connectivity index (χ4n) is 3.02. The van der Waals surface area contributed by atoms with Gasteiger partial charge in [0.15, 0.2) is 0 Å². The molecular formula is C17H18N2O2S2. The minimum Gasteiger partial charge on any atom is -0.330 e. The van der Waals surface area contributed by atoms with Gasteiger partial charge in [0.1, 0.15) is 0 Å². The van der Waals surface area contributed by atoms with Crippen LogP contribution in [0.4, 0.5) is 5.00 Å². The van der Waals surface area contributed by atoms with Crippen LogP contribution in [0.2, 0.25) is 0 Å². The minimum absolute atomic E-state index is 0.0813. The summed E-state index contributed by atoms with van der Waals surface area (Å²) in [7, 11) is 0. The number of nitrogens with zero attached hydrogens (tertiary/aromatic N) is 1. The average molecular weight is 346 g/mol. The van der Waals surface area contributed by atoms with Crippen LogP contribution < -0.4 is 5.32 Å². The lowest BCUT2D eigenvalue weighted by molar-refractivity contribution is -0.117. The first-order chi connectivity index (χ1) is 11.2. The predicted octanol–water partition coefficient (Wildman–Crippen LogP) is 4.14. The summed E-state index contributed by atoms with van der Waals surface area (Å²) in [5.41, 5.74) is 0. The maximum atomic E-state index is 12.8. The van der Waals surface area contributed by atoms with E-state index in [1.165, 1.54) is 16.2 Å². The van der Waals surface area contributed by atoms with Crippen LogP contribution in [-0.4, -0.2) is 23.3 Å². The Labute approximate surface area is 143 Å². The van der Waals surface area contributed by atoms with Crippen molar-refractivity contribution in [3.05, 3.63) is 39.4 Å². The monoisotopic (exact) mass is 346 g/mol. The van der Waals surface area contributed by atoms with E-state index in [1.54, 1.807) is 11.3 Å². The molecule has 1 saturated heterocycles. The average Bonchev–Trinajstić information content (AvgIpc) is 2.99. The van der Waals surface area contributed by atoms with Gasteiger partial charge in [-0.3, -0.25) is 9.59 Å². The Morgan fingerprint density at radius 2 is 2.04 bits per heavy atom. The van der Waals surface area contributed by atoms with E-state index in [2.05, 4.69) is 16.8 Å². The Balaban J connectivity index is 1.48. The zero-order chi connectivity index (χ0) is 15.8. The van der Waals surface area contributed by atoms with Crippen molar-refractivity contribution in [1.29, 1.82) is 0 Å². The number of carbonyl (C=O) groups is 2. The van der Waals surface area contributed by atoms with Crippen LogP contribution in [0.3, 0.4) is 0 Å². The van der Waals surface area contributed by atoms with Crippen LogP contribution in [-0.2, 0) is 4.79 Å². The Bertz CT molecular complexity index is 719. The van der Waals surface area contributed by atoms with Crippen molar-refractivity contribution >= 4 is 39.5 Å². The standard InChI is InChI=1S/C17H18N2O2S2/c20-16(11-5-6-11)18-15-8-7-14(23-15)17(21)19-9-1-3-12(19)13-4-2-10-22-13/h2,4,7-8,10-12H,1,3,5-6,9H2,(H,18,20)/t12-/m1/s1. The molecule has 23 heavy (non-hydrogen) atoms. The third-order valence-electron chi connectivity index (χ3n) is 4.40. The van der Waals surface area contributed by atoms with Gasteiger partial charge in [0.2, 0.25) is 5.91 Å². The molecule has 120 valence electrons. The second-order valence-corrected chi connectivity index (χ2v) is 8.16. The number of likely N-dealkylation sites (tertiary alicyclic amines) is 1. The summed E-state index contributed by atoms with van der Waals surface area (Å²) >= 11 is 3.09. The summed E-state index contributed by atoms with van der Waals surface area (Å²) < 4.78 is 0. The van der Waals surface area contributed by atoms with E-state index >= 15 is 0 Å². The first-order valence-electron chi connectivity index (χ1n) is 7.97. The second-order valence-electron chi connectivity index (χ2n) is 6.10. The third kappa shape index (κ3) is 3.05. The van der Waals surface area contributed by atoms with Crippen molar-refractivity contribution in [3.8, 4) is 0 Å². The van der Waals surface area contributed by atoms with Crippen molar-refractivity contribution in [2.24, 2.45) is 5.92 Å². The van der Waals surface area contributed by atoms with E-state index in [0.717, 1.165) is 37.2 Å². The van der Waals surface area contributed by atoms with Crippen LogP contribution in [0.1, 0.15) is 46.3 Å². The number of amides is 2. The molecule has 2 aliphatic rings. The molecular weight excluding hydrogens is 328 g/mol. The summed E-state index contributed by atoms with van der Waals surface area (Å²) in [5.74, 6) is 0.347. The van der Waals surface area contributed by atoms with Gasteiger partial charge in [-0.1, -0.05) is 6.07 Å². The topological polar surface area (TPSA) is 49.4 Å². The molecule has 2 aromatic heterocycles. The summed E-state index contributed by atoms with van der Waals surface area (Å²) in [5, 5.41) is 5.76. The molecule has 2 amide bonds. The van der Waals surface area contributed by atoms with Crippen molar-refractivity contribution in [3.63, 3.8) is 0 Å². The Kier molecular flexibility index (Phi) is 3.95.